The molecule has 0 radical (unpaired) electrons. The Morgan fingerprint density at radius 2 is 1.14 bits per heavy atom. The second-order valence-electron chi connectivity index (χ2n) is 0.151. The SMILES string of the molecule is C.[S]=[Mo]=[S].[S]=[Sn]=[S]. The number of rotatable bonds is 0. The predicted octanol–water partition coefficient (Wildman–Crippen LogP) is 2.85. The van der Waals surface area contributed by atoms with Gasteiger partial charge < -0.3 is 0 Å². The normalized spacial score (nSPS) is 2.86. The van der Waals surface area contributed by atoms with Gasteiger partial charge in [0, 0.05) is 0 Å². The fraction of sp³-hybridized carbons (Fsp3) is 1.00. The van der Waals surface area contributed by atoms with Crippen LogP contribution in [-0.4, -0.2) is 17.3 Å². The molecule has 0 spiro atoms. The van der Waals surface area contributed by atoms with Crippen LogP contribution >= 0.6 is 38.2 Å². The first-order valence-electron chi connectivity index (χ1n) is 0.742. The summed E-state index contributed by atoms with van der Waals surface area (Å²) >= 11 is -0.967. The molecule has 42 valence electrons. The molecule has 0 aromatic rings. The van der Waals surface area contributed by atoms with Crippen LogP contribution in [0.3, 0.4) is 0 Å². The monoisotopic (exact) mass is 362 g/mol. The van der Waals surface area contributed by atoms with Crippen LogP contribution in [-0.2, 0) is 14.9 Å². The molecule has 0 aromatic heterocycles. The van der Waals surface area contributed by atoms with E-state index in [1.54, 1.807) is 0 Å². The molecular weight excluding hydrogens is 355 g/mol. The molecule has 0 nitrogen and oxygen atoms in total. The van der Waals surface area contributed by atoms with Crippen molar-refractivity contribution in [2.24, 2.45) is 0 Å². The maximum atomic E-state index is 4.38. The molecule has 6 heteroatoms. The van der Waals surface area contributed by atoms with E-state index in [4.69, 9.17) is 0 Å². The van der Waals surface area contributed by atoms with Gasteiger partial charge in [-0.15, -0.1) is 0 Å². The first-order chi connectivity index (χ1) is 2.83. The van der Waals surface area contributed by atoms with Crippen molar-refractivity contribution in [1.82, 2.24) is 0 Å². The summed E-state index contributed by atoms with van der Waals surface area (Å²) in [7, 11) is 17.4. The van der Waals surface area contributed by atoms with E-state index in [0.717, 1.165) is 0 Å². The van der Waals surface area contributed by atoms with Gasteiger partial charge in [0.1, 0.15) is 0 Å². The Kier molecular flexibility index (Phi) is 55.0. The third kappa shape index (κ3) is 60.5. The fourth-order valence-electron chi connectivity index (χ4n) is 0. The summed E-state index contributed by atoms with van der Waals surface area (Å²) in [5.74, 6) is 0. The van der Waals surface area contributed by atoms with Crippen LogP contribution < -0.4 is 0 Å². The summed E-state index contributed by atoms with van der Waals surface area (Å²) < 4.78 is 0. The first-order valence-corrected chi connectivity index (χ1v) is 14.1. The van der Waals surface area contributed by atoms with Gasteiger partial charge in [0.2, 0.25) is 0 Å². The molecule has 0 amide bonds. The Morgan fingerprint density at radius 3 is 1.14 bits per heavy atom. The average Bonchev–Trinajstić information content (AvgIpc) is 1.39. The van der Waals surface area contributed by atoms with Crippen molar-refractivity contribution in [2.75, 3.05) is 0 Å². The third-order valence-electron chi connectivity index (χ3n) is 0. The Bertz CT molecular complexity index is 65.7. The Morgan fingerprint density at radius 1 is 1.14 bits per heavy atom. The number of hydrogen-bond acceptors (Lipinski definition) is 4. The summed E-state index contributed by atoms with van der Waals surface area (Å²) in [5.41, 5.74) is 0. The zero-order valence-corrected chi connectivity index (χ0v) is 10.7. The topological polar surface area (TPSA) is 0 Å². The molecule has 0 unspecified atom stereocenters. The molecule has 0 aliphatic heterocycles. The summed E-state index contributed by atoms with van der Waals surface area (Å²) in [6.07, 6.45) is 0. The summed E-state index contributed by atoms with van der Waals surface area (Å²) in [4.78, 5) is 0. The van der Waals surface area contributed by atoms with E-state index < -0.39 is 17.3 Å². The van der Waals surface area contributed by atoms with Crippen LogP contribution in [0.5, 0.6) is 0 Å². The molecule has 0 N–H and O–H groups in total. The first kappa shape index (κ1) is 16.2. The minimum atomic E-state index is -0.603. The van der Waals surface area contributed by atoms with Crippen molar-refractivity contribution in [1.29, 1.82) is 0 Å². The Hall–Kier alpha value is 2.37. The molecule has 0 aliphatic carbocycles. The van der Waals surface area contributed by atoms with Crippen molar-refractivity contribution in [3.8, 4) is 0 Å². The molecule has 0 bridgehead atoms. The van der Waals surface area contributed by atoms with Crippen LogP contribution in [0.4, 0.5) is 0 Å². The van der Waals surface area contributed by atoms with Gasteiger partial charge in [-0.2, -0.15) is 0 Å². The van der Waals surface area contributed by atoms with E-state index in [1.807, 2.05) is 0 Å². The van der Waals surface area contributed by atoms with E-state index >= 15 is 0 Å². The van der Waals surface area contributed by atoms with Gasteiger partial charge in [-0.3, -0.25) is 0 Å². The predicted molar refractivity (Wildman–Crippen MR) is 42.8 cm³/mol. The third-order valence-corrected chi connectivity index (χ3v) is 0. The van der Waals surface area contributed by atoms with E-state index in [2.05, 4.69) is 38.2 Å². The average molecular weight is 359 g/mol. The zero-order valence-electron chi connectivity index (χ0n) is 2.54. The number of hydrogen-bond donors (Lipinski definition) is 0. The molecule has 0 heterocycles. The fourth-order valence-corrected chi connectivity index (χ4v) is 0. The van der Waals surface area contributed by atoms with Crippen LogP contribution in [0.25, 0.3) is 0 Å². The quantitative estimate of drug-likeness (QED) is 0.610. The van der Waals surface area contributed by atoms with Gasteiger partial charge in [-0.25, -0.2) is 0 Å². The van der Waals surface area contributed by atoms with E-state index in [1.165, 1.54) is 0 Å². The molecular formula is CH4MoS4Sn. The van der Waals surface area contributed by atoms with E-state index in [9.17, 15) is 0 Å². The van der Waals surface area contributed by atoms with Gasteiger partial charge in [0.15, 0.2) is 0 Å². The van der Waals surface area contributed by atoms with Crippen molar-refractivity contribution < 1.29 is 14.9 Å². The molecule has 0 atom stereocenters. The van der Waals surface area contributed by atoms with Crippen LogP contribution in [0, 0.1) is 0 Å². The van der Waals surface area contributed by atoms with Crippen molar-refractivity contribution >= 4 is 55.5 Å². The summed E-state index contributed by atoms with van der Waals surface area (Å²) in [6, 6.07) is 0. The molecule has 0 saturated heterocycles. The molecule has 0 rings (SSSR count). The Balaban J connectivity index is -0.0000000400. The van der Waals surface area contributed by atoms with E-state index in [-0.39, 0.29) is 22.4 Å². The van der Waals surface area contributed by atoms with Crippen LogP contribution in [0.15, 0.2) is 0 Å². The second-order valence-corrected chi connectivity index (χ2v) is 8.65. The zero-order chi connectivity index (χ0) is 5.41. The van der Waals surface area contributed by atoms with Gasteiger partial charge in [0.25, 0.3) is 0 Å². The van der Waals surface area contributed by atoms with Crippen LogP contribution in [0.1, 0.15) is 7.43 Å². The molecule has 7 heavy (non-hydrogen) atoms. The Labute approximate surface area is 76.4 Å². The summed E-state index contributed by atoms with van der Waals surface area (Å²) in [6.45, 7) is 0. The summed E-state index contributed by atoms with van der Waals surface area (Å²) in [5, 5.41) is 0. The van der Waals surface area contributed by atoms with Crippen LogP contribution in [0.2, 0.25) is 0 Å². The molecule has 0 aromatic carbocycles. The molecule has 0 aliphatic rings. The second kappa shape index (κ2) is 23.8. The van der Waals surface area contributed by atoms with Crippen molar-refractivity contribution in [3.63, 3.8) is 0 Å². The van der Waals surface area contributed by atoms with Gasteiger partial charge >= 0.3 is 70.4 Å². The van der Waals surface area contributed by atoms with Gasteiger partial charge in [-0.1, -0.05) is 7.43 Å². The minimum absolute atomic E-state index is 0. The van der Waals surface area contributed by atoms with E-state index in [0.29, 0.717) is 0 Å². The van der Waals surface area contributed by atoms with Gasteiger partial charge in [-0.05, 0) is 0 Å². The molecule has 0 fully saturated rings. The molecule has 0 saturated carbocycles. The van der Waals surface area contributed by atoms with Gasteiger partial charge in [0.05, 0.1) is 0 Å². The maximum absolute atomic E-state index is 4.38. The van der Waals surface area contributed by atoms with Crippen molar-refractivity contribution in [3.05, 3.63) is 0 Å². The standard InChI is InChI=1S/CH4.Mo.4S.Sn/h1H4;;;;;;. The van der Waals surface area contributed by atoms with Crippen molar-refractivity contribution in [2.45, 2.75) is 7.43 Å².